The maximum absolute atomic E-state index is 13.5. The van der Waals surface area contributed by atoms with Crippen molar-refractivity contribution in [2.75, 3.05) is 51.7 Å². The van der Waals surface area contributed by atoms with E-state index in [9.17, 15) is 22.8 Å². The van der Waals surface area contributed by atoms with Crippen molar-refractivity contribution in [3.05, 3.63) is 45.8 Å². The lowest BCUT2D eigenvalue weighted by molar-refractivity contribution is -0.146. The van der Waals surface area contributed by atoms with Crippen LogP contribution in [0.1, 0.15) is 71.2 Å². The fourth-order valence-electron chi connectivity index (χ4n) is 5.55. The molecule has 0 bridgehead atoms. The van der Waals surface area contributed by atoms with E-state index in [2.05, 4.69) is 17.1 Å². The van der Waals surface area contributed by atoms with E-state index in [4.69, 9.17) is 4.74 Å². The van der Waals surface area contributed by atoms with Gasteiger partial charge < -0.3 is 15.0 Å². The van der Waals surface area contributed by atoms with Crippen molar-refractivity contribution in [2.24, 2.45) is 5.92 Å². The fourth-order valence-corrected chi connectivity index (χ4v) is 8.29. The first-order valence-corrected chi connectivity index (χ1v) is 16.6. The van der Waals surface area contributed by atoms with Gasteiger partial charge in [0.1, 0.15) is 5.00 Å². The molecule has 1 saturated heterocycles. The molecule has 0 saturated carbocycles. The first-order chi connectivity index (χ1) is 19.6. The van der Waals surface area contributed by atoms with Gasteiger partial charge in [0.25, 0.3) is 11.8 Å². The molecule has 1 N–H and O–H groups in total. The molecule has 0 atom stereocenters. The number of methoxy groups -OCH3 is 1. The minimum absolute atomic E-state index is 0.0795. The zero-order chi connectivity index (χ0) is 29.7. The average Bonchev–Trinajstić information content (AvgIpc) is 3.34. The Hall–Kier alpha value is -2.80. The molecule has 3 heterocycles. The number of carbonyl (C=O) groups excluding carboxylic acids is 3. The van der Waals surface area contributed by atoms with Crippen LogP contribution in [0.3, 0.4) is 0 Å². The molecule has 0 spiro atoms. The van der Waals surface area contributed by atoms with E-state index in [0.29, 0.717) is 42.1 Å². The summed E-state index contributed by atoms with van der Waals surface area (Å²) in [5.74, 6) is -1.09. The molecule has 0 unspecified atom stereocenters. The largest absolute Gasteiger partial charge is 0.469 e. The Balaban J connectivity index is 1.52. The number of nitrogens with one attached hydrogen (secondary N) is 1. The normalized spacial score (nSPS) is 16.7. The van der Waals surface area contributed by atoms with Crippen LogP contribution in [0.2, 0.25) is 0 Å². The molecule has 0 aliphatic carbocycles. The minimum atomic E-state index is -3.77. The monoisotopic (exact) mass is 604 g/mol. The predicted molar refractivity (Wildman–Crippen MR) is 159 cm³/mol. The van der Waals surface area contributed by atoms with Gasteiger partial charge in [-0.05, 0) is 75.9 Å². The van der Waals surface area contributed by atoms with Gasteiger partial charge in [0, 0.05) is 49.7 Å². The molecule has 1 aromatic carbocycles. The summed E-state index contributed by atoms with van der Waals surface area (Å²) < 4.78 is 32.5. The highest BCUT2D eigenvalue weighted by Crippen LogP contribution is 2.38. The Morgan fingerprint density at radius 3 is 2.29 bits per heavy atom. The number of esters is 1. The number of anilines is 1. The number of carbonyl (C=O) groups is 3. The number of hydrogen-bond donors (Lipinski definition) is 1. The highest BCUT2D eigenvalue weighted by atomic mass is 32.2. The molecule has 1 aromatic heterocycles. The van der Waals surface area contributed by atoms with Crippen LogP contribution in [-0.2, 0) is 32.5 Å². The second-order valence-electron chi connectivity index (χ2n) is 10.4. The van der Waals surface area contributed by atoms with Crippen molar-refractivity contribution >= 4 is 44.1 Å². The molecule has 1 fully saturated rings. The fraction of sp³-hybridized carbons (Fsp3) is 0.552. The van der Waals surface area contributed by atoms with Gasteiger partial charge >= 0.3 is 5.97 Å². The van der Waals surface area contributed by atoms with Crippen LogP contribution in [0, 0.1) is 5.92 Å². The molecule has 12 heteroatoms. The molecule has 41 heavy (non-hydrogen) atoms. The standard InChI is InChI=1S/C29H40N4O6S2/c1-5-15-31-16-14-23-24(19-31)40-27(25(23)28(35)32(6-2)7-3)30-26(34)20-8-10-22(11-9-20)41(37,38)33-17-12-21(13-18-33)29(36)39-4/h8-11,21H,5-7,12-19H2,1-4H3,(H,30,34). The second-order valence-corrected chi connectivity index (χ2v) is 13.4. The third-order valence-electron chi connectivity index (χ3n) is 7.91. The number of fused-ring (bicyclic) bond motifs is 1. The lowest BCUT2D eigenvalue weighted by Gasteiger charge is -2.29. The average molecular weight is 605 g/mol. The maximum atomic E-state index is 13.5. The van der Waals surface area contributed by atoms with Crippen LogP contribution in [-0.4, -0.2) is 86.7 Å². The third kappa shape index (κ3) is 6.66. The summed E-state index contributed by atoms with van der Waals surface area (Å²) in [5, 5.41) is 3.51. The summed E-state index contributed by atoms with van der Waals surface area (Å²) in [6, 6.07) is 5.85. The summed E-state index contributed by atoms with van der Waals surface area (Å²) in [6.45, 7) is 10.3. The molecule has 224 valence electrons. The molecule has 10 nitrogen and oxygen atoms in total. The van der Waals surface area contributed by atoms with E-state index in [-0.39, 0.29) is 35.8 Å². The van der Waals surface area contributed by atoms with Gasteiger partial charge in [-0.2, -0.15) is 4.31 Å². The minimum Gasteiger partial charge on any atom is -0.469 e. The van der Waals surface area contributed by atoms with Crippen molar-refractivity contribution in [3.8, 4) is 0 Å². The van der Waals surface area contributed by atoms with Gasteiger partial charge in [-0.1, -0.05) is 6.92 Å². The molecular formula is C29H40N4O6S2. The SMILES string of the molecule is CCCN1CCc2c(sc(NC(=O)c3ccc(S(=O)(=O)N4CCC(C(=O)OC)CC4)cc3)c2C(=O)N(CC)CC)C1. The van der Waals surface area contributed by atoms with Gasteiger partial charge in [-0.3, -0.25) is 19.3 Å². The zero-order valence-electron chi connectivity index (χ0n) is 24.3. The summed E-state index contributed by atoms with van der Waals surface area (Å²) in [5.41, 5.74) is 1.90. The Kier molecular flexibility index (Phi) is 10.2. The summed E-state index contributed by atoms with van der Waals surface area (Å²) in [6.07, 6.45) is 2.62. The van der Waals surface area contributed by atoms with Crippen LogP contribution in [0.4, 0.5) is 5.00 Å². The van der Waals surface area contributed by atoms with Crippen molar-refractivity contribution in [3.63, 3.8) is 0 Å². The van der Waals surface area contributed by atoms with E-state index in [1.165, 1.54) is 47.0 Å². The van der Waals surface area contributed by atoms with Gasteiger partial charge in [0.2, 0.25) is 10.0 Å². The number of ether oxygens (including phenoxy) is 1. The molecule has 2 amide bonds. The van der Waals surface area contributed by atoms with Gasteiger partial charge in [-0.25, -0.2) is 8.42 Å². The molecule has 2 aliphatic heterocycles. The Labute approximate surface area is 246 Å². The Morgan fingerprint density at radius 2 is 1.71 bits per heavy atom. The highest BCUT2D eigenvalue weighted by molar-refractivity contribution is 7.89. The number of piperidine rings is 1. The number of thiophene rings is 1. The van der Waals surface area contributed by atoms with Gasteiger partial charge in [0.15, 0.2) is 0 Å². The zero-order valence-corrected chi connectivity index (χ0v) is 25.9. The highest BCUT2D eigenvalue weighted by Gasteiger charge is 2.33. The maximum Gasteiger partial charge on any atom is 0.308 e. The van der Waals surface area contributed by atoms with E-state index < -0.39 is 15.9 Å². The second kappa shape index (κ2) is 13.5. The number of nitrogens with zero attached hydrogens (tertiary/aromatic N) is 3. The van der Waals surface area contributed by atoms with Crippen LogP contribution in [0.15, 0.2) is 29.2 Å². The molecule has 2 aliphatic rings. The van der Waals surface area contributed by atoms with Gasteiger partial charge in [-0.15, -0.1) is 11.3 Å². The topological polar surface area (TPSA) is 116 Å². The molecule has 2 aromatic rings. The van der Waals surface area contributed by atoms with E-state index in [1.54, 1.807) is 4.90 Å². The van der Waals surface area contributed by atoms with Crippen molar-refractivity contribution in [1.29, 1.82) is 0 Å². The first-order valence-electron chi connectivity index (χ1n) is 14.3. The number of amides is 2. The van der Waals surface area contributed by atoms with E-state index >= 15 is 0 Å². The summed E-state index contributed by atoms with van der Waals surface area (Å²) >= 11 is 1.45. The quantitative estimate of drug-likeness (QED) is 0.410. The predicted octanol–water partition coefficient (Wildman–Crippen LogP) is 3.82. The smallest absolute Gasteiger partial charge is 0.308 e. The first kappa shape index (κ1) is 31.1. The number of hydrogen-bond acceptors (Lipinski definition) is 8. The third-order valence-corrected chi connectivity index (χ3v) is 11.0. The van der Waals surface area contributed by atoms with Gasteiger partial charge in [0.05, 0.1) is 23.5 Å². The van der Waals surface area contributed by atoms with Crippen molar-refractivity contribution < 1.29 is 27.5 Å². The van der Waals surface area contributed by atoms with Crippen LogP contribution >= 0.6 is 11.3 Å². The Bertz CT molecular complexity index is 1360. The number of benzene rings is 1. The molecular weight excluding hydrogens is 564 g/mol. The molecule has 0 radical (unpaired) electrons. The number of rotatable bonds is 10. The van der Waals surface area contributed by atoms with E-state index in [1.807, 2.05) is 13.8 Å². The number of sulfonamides is 1. The van der Waals surface area contributed by atoms with Crippen molar-refractivity contribution in [2.45, 2.75) is 57.9 Å². The van der Waals surface area contributed by atoms with Crippen molar-refractivity contribution in [1.82, 2.24) is 14.1 Å². The summed E-state index contributed by atoms with van der Waals surface area (Å²) in [7, 11) is -2.43. The van der Waals surface area contributed by atoms with Crippen LogP contribution in [0.25, 0.3) is 0 Å². The molecule has 4 rings (SSSR count). The lowest BCUT2D eigenvalue weighted by atomic mass is 9.99. The Morgan fingerprint density at radius 1 is 1.05 bits per heavy atom. The van der Waals surface area contributed by atoms with E-state index in [0.717, 1.165) is 42.9 Å². The lowest BCUT2D eigenvalue weighted by Crippen LogP contribution is -2.40. The van der Waals surface area contributed by atoms with Crippen LogP contribution in [0.5, 0.6) is 0 Å². The van der Waals surface area contributed by atoms with Crippen LogP contribution < -0.4 is 5.32 Å². The summed E-state index contributed by atoms with van der Waals surface area (Å²) in [4.78, 5) is 44.0.